The number of anilines is 3. The number of nitrogens with one attached hydrogen (secondary N) is 2. The minimum atomic E-state index is -4.43. The van der Waals surface area contributed by atoms with Crippen LogP contribution in [-0.2, 0) is 6.18 Å². The second-order valence-electron chi connectivity index (χ2n) is 7.03. The van der Waals surface area contributed by atoms with Gasteiger partial charge >= 0.3 is 6.18 Å². The first kappa shape index (κ1) is 19.4. The van der Waals surface area contributed by atoms with Gasteiger partial charge in [-0.2, -0.15) is 18.2 Å². The molecule has 1 aromatic carbocycles. The smallest absolute Gasteiger partial charge is 0.354 e. The maximum Gasteiger partial charge on any atom is 0.418 e. The Hall–Kier alpha value is -2.35. The van der Waals surface area contributed by atoms with Crippen molar-refractivity contribution in [2.45, 2.75) is 31.4 Å². The molecule has 1 aromatic heterocycles. The van der Waals surface area contributed by atoms with Gasteiger partial charge in [0, 0.05) is 18.5 Å². The van der Waals surface area contributed by atoms with Crippen LogP contribution in [0.2, 0.25) is 0 Å². The fraction of sp³-hybridized carbons (Fsp3) is 0.474. The van der Waals surface area contributed by atoms with Gasteiger partial charge in [0.15, 0.2) is 0 Å². The standard InChI is InChI=1S/C19H24F3N5/c1-27(2)11-5-10-23-18-25-16(13-8-9-13)12-17(26-18)24-15-7-4-3-6-14(15)19(20,21)22/h3-4,6-7,12-13H,5,8-11H2,1-2H3,(H2,23,24,25,26). The number of benzene rings is 1. The molecule has 5 nitrogen and oxygen atoms in total. The van der Waals surface area contributed by atoms with Crippen molar-refractivity contribution in [2.75, 3.05) is 37.8 Å². The lowest BCUT2D eigenvalue weighted by atomic mass is 10.1. The number of alkyl halides is 3. The molecule has 0 spiro atoms. The maximum atomic E-state index is 13.2. The molecule has 8 heteroatoms. The highest BCUT2D eigenvalue weighted by Crippen LogP contribution is 2.41. The van der Waals surface area contributed by atoms with E-state index in [4.69, 9.17) is 0 Å². The summed E-state index contributed by atoms with van der Waals surface area (Å²) in [6, 6.07) is 7.16. The second kappa shape index (κ2) is 8.12. The fourth-order valence-electron chi connectivity index (χ4n) is 2.77. The third kappa shape index (κ3) is 5.56. The summed E-state index contributed by atoms with van der Waals surface area (Å²) in [7, 11) is 4.01. The van der Waals surface area contributed by atoms with Crippen molar-refractivity contribution in [1.29, 1.82) is 0 Å². The summed E-state index contributed by atoms with van der Waals surface area (Å²) >= 11 is 0. The van der Waals surface area contributed by atoms with E-state index in [9.17, 15) is 13.2 Å². The van der Waals surface area contributed by atoms with Crippen LogP contribution in [0.4, 0.5) is 30.6 Å². The zero-order valence-electron chi connectivity index (χ0n) is 15.5. The van der Waals surface area contributed by atoms with Crippen molar-refractivity contribution >= 4 is 17.5 Å². The van der Waals surface area contributed by atoms with Crippen LogP contribution in [0.3, 0.4) is 0 Å². The van der Waals surface area contributed by atoms with Gasteiger partial charge in [-0.15, -0.1) is 0 Å². The molecule has 0 aliphatic heterocycles. The Kier molecular flexibility index (Phi) is 5.84. The van der Waals surface area contributed by atoms with Gasteiger partial charge in [-0.1, -0.05) is 12.1 Å². The van der Waals surface area contributed by atoms with E-state index in [0.717, 1.165) is 37.6 Å². The Bertz CT molecular complexity index is 772. The van der Waals surface area contributed by atoms with Crippen molar-refractivity contribution in [3.8, 4) is 0 Å². The number of aromatic nitrogens is 2. The number of halogens is 3. The van der Waals surface area contributed by atoms with E-state index in [0.29, 0.717) is 24.2 Å². The van der Waals surface area contributed by atoms with Gasteiger partial charge in [-0.05, 0) is 52.0 Å². The van der Waals surface area contributed by atoms with Gasteiger partial charge < -0.3 is 15.5 Å². The van der Waals surface area contributed by atoms with Crippen LogP contribution >= 0.6 is 0 Å². The third-order valence-corrected chi connectivity index (χ3v) is 4.30. The number of rotatable bonds is 8. The van der Waals surface area contributed by atoms with Gasteiger partial charge in [-0.3, -0.25) is 0 Å². The Balaban J connectivity index is 1.79. The number of hydrogen-bond acceptors (Lipinski definition) is 5. The third-order valence-electron chi connectivity index (χ3n) is 4.30. The van der Waals surface area contributed by atoms with Crippen LogP contribution in [0.15, 0.2) is 30.3 Å². The molecule has 2 aromatic rings. The first-order valence-electron chi connectivity index (χ1n) is 9.04. The highest BCUT2D eigenvalue weighted by atomic mass is 19.4. The largest absolute Gasteiger partial charge is 0.418 e. The van der Waals surface area contributed by atoms with Crippen molar-refractivity contribution in [1.82, 2.24) is 14.9 Å². The molecule has 1 fully saturated rings. The molecule has 1 saturated carbocycles. The second-order valence-corrected chi connectivity index (χ2v) is 7.03. The van der Waals surface area contributed by atoms with Crippen LogP contribution < -0.4 is 10.6 Å². The Morgan fingerprint density at radius 2 is 1.89 bits per heavy atom. The summed E-state index contributed by atoms with van der Waals surface area (Å²) < 4.78 is 39.7. The van der Waals surface area contributed by atoms with Crippen LogP contribution in [0.25, 0.3) is 0 Å². The molecule has 0 amide bonds. The SMILES string of the molecule is CN(C)CCCNc1nc(Nc2ccccc2C(F)(F)F)cc(C2CC2)n1. The van der Waals surface area contributed by atoms with E-state index in [1.807, 2.05) is 14.1 Å². The van der Waals surface area contributed by atoms with Crippen LogP contribution in [-0.4, -0.2) is 42.1 Å². The van der Waals surface area contributed by atoms with Gasteiger partial charge in [-0.25, -0.2) is 4.98 Å². The minimum Gasteiger partial charge on any atom is -0.354 e. The zero-order chi connectivity index (χ0) is 19.4. The van der Waals surface area contributed by atoms with E-state index in [1.54, 1.807) is 12.1 Å². The van der Waals surface area contributed by atoms with Crippen molar-refractivity contribution in [3.63, 3.8) is 0 Å². The summed E-state index contributed by atoms with van der Waals surface area (Å²) in [6.07, 6.45) is -1.40. The molecule has 3 rings (SSSR count). The molecular formula is C19H24F3N5. The molecular weight excluding hydrogens is 355 g/mol. The molecule has 1 heterocycles. The number of para-hydroxylation sites is 1. The molecule has 0 unspecified atom stereocenters. The molecule has 0 radical (unpaired) electrons. The summed E-state index contributed by atoms with van der Waals surface area (Å²) in [5, 5.41) is 6.01. The Morgan fingerprint density at radius 3 is 2.56 bits per heavy atom. The number of hydrogen-bond donors (Lipinski definition) is 2. The predicted octanol–water partition coefficient (Wildman–Crippen LogP) is 4.48. The van der Waals surface area contributed by atoms with E-state index in [1.165, 1.54) is 12.1 Å². The van der Waals surface area contributed by atoms with E-state index >= 15 is 0 Å². The average Bonchev–Trinajstić information content (AvgIpc) is 3.43. The minimum absolute atomic E-state index is 0.0102. The van der Waals surface area contributed by atoms with Crippen molar-refractivity contribution < 1.29 is 13.2 Å². The van der Waals surface area contributed by atoms with Gasteiger partial charge in [0.25, 0.3) is 0 Å². The van der Waals surface area contributed by atoms with Crippen molar-refractivity contribution in [2.24, 2.45) is 0 Å². The molecule has 27 heavy (non-hydrogen) atoms. The first-order valence-corrected chi connectivity index (χ1v) is 9.04. The van der Waals surface area contributed by atoms with Crippen LogP contribution in [0, 0.1) is 0 Å². The van der Waals surface area contributed by atoms with Crippen LogP contribution in [0.5, 0.6) is 0 Å². The topological polar surface area (TPSA) is 53.1 Å². The van der Waals surface area contributed by atoms with Crippen LogP contribution in [0.1, 0.15) is 36.4 Å². The molecule has 0 bridgehead atoms. The number of nitrogens with zero attached hydrogens (tertiary/aromatic N) is 3. The summed E-state index contributed by atoms with van der Waals surface area (Å²) in [6.45, 7) is 1.63. The van der Waals surface area contributed by atoms with Crippen molar-refractivity contribution in [3.05, 3.63) is 41.6 Å². The maximum absolute atomic E-state index is 13.2. The average molecular weight is 379 g/mol. The summed E-state index contributed by atoms with van der Waals surface area (Å²) in [4.78, 5) is 11.0. The van der Waals surface area contributed by atoms with Gasteiger partial charge in [0.1, 0.15) is 5.82 Å². The van der Waals surface area contributed by atoms with Gasteiger partial charge in [0.2, 0.25) is 5.95 Å². The van der Waals surface area contributed by atoms with Gasteiger partial charge in [0.05, 0.1) is 16.9 Å². The zero-order valence-corrected chi connectivity index (χ0v) is 15.5. The molecule has 1 aliphatic rings. The fourth-order valence-corrected chi connectivity index (χ4v) is 2.77. The van der Waals surface area contributed by atoms with E-state index < -0.39 is 11.7 Å². The summed E-state index contributed by atoms with van der Waals surface area (Å²) in [5.74, 6) is 1.19. The molecule has 0 atom stereocenters. The lowest BCUT2D eigenvalue weighted by molar-refractivity contribution is -0.136. The lowest BCUT2D eigenvalue weighted by Crippen LogP contribution is -2.17. The lowest BCUT2D eigenvalue weighted by Gasteiger charge is -2.15. The van der Waals surface area contributed by atoms with E-state index in [2.05, 4.69) is 25.5 Å². The molecule has 0 saturated heterocycles. The molecule has 2 N–H and O–H groups in total. The molecule has 146 valence electrons. The first-order chi connectivity index (χ1) is 12.8. The Morgan fingerprint density at radius 1 is 1.15 bits per heavy atom. The van der Waals surface area contributed by atoms with E-state index in [-0.39, 0.29) is 5.69 Å². The predicted molar refractivity (Wildman–Crippen MR) is 100 cm³/mol. The quantitative estimate of drug-likeness (QED) is 0.663. The Labute approximate surface area is 157 Å². The summed E-state index contributed by atoms with van der Waals surface area (Å²) in [5.41, 5.74) is 0.146. The monoisotopic (exact) mass is 379 g/mol. The highest BCUT2D eigenvalue weighted by Gasteiger charge is 2.33. The normalized spacial score (nSPS) is 14.4. The molecule has 1 aliphatic carbocycles. The highest BCUT2D eigenvalue weighted by molar-refractivity contribution is 5.62.